The van der Waals surface area contributed by atoms with Crippen molar-refractivity contribution in [2.45, 2.75) is 19.9 Å². The molecule has 0 unspecified atom stereocenters. The average Bonchev–Trinajstić information content (AvgIpc) is 2.25. The molecule has 1 N–H and O–H groups in total. The second-order valence-corrected chi connectivity index (χ2v) is 4.26. The average molecular weight is 259 g/mol. The number of hydrogen-bond donors (Lipinski definition) is 1. The van der Waals surface area contributed by atoms with Crippen LogP contribution in [0.5, 0.6) is 5.75 Å². The minimum atomic E-state index is -0.503. The fourth-order valence-electron chi connectivity index (χ4n) is 1.26. The molecule has 5 nitrogen and oxygen atoms in total. The van der Waals surface area contributed by atoms with Crippen molar-refractivity contribution in [2.24, 2.45) is 0 Å². The summed E-state index contributed by atoms with van der Waals surface area (Å²) >= 11 is 5.69. The molecule has 0 saturated heterocycles. The lowest BCUT2D eigenvalue weighted by Gasteiger charge is -2.09. The van der Waals surface area contributed by atoms with Gasteiger partial charge in [-0.25, -0.2) is 0 Å². The van der Waals surface area contributed by atoms with Crippen LogP contribution >= 0.6 is 11.6 Å². The van der Waals surface area contributed by atoms with E-state index in [-0.39, 0.29) is 11.4 Å². The highest BCUT2D eigenvalue weighted by atomic mass is 35.5. The molecule has 0 spiro atoms. The molecule has 1 aromatic rings. The Morgan fingerprint density at radius 1 is 1.53 bits per heavy atom. The monoisotopic (exact) mass is 258 g/mol. The van der Waals surface area contributed by atoms with Crippen LogP contribution in [0.4, 0.5) is 5.69 Å². The smallest absolute Gasteiger partial charge is 0.312 e. The summed E-state index contributed by atoms with van der Waals surface area (Å²) in [6, 6.07) is 4.72. The summed E-state index contributed by atoms with van der Waals surface area (Å²) in [7, 11) is 0. The summed E-state index contributed by atoms with van der Waals surface area (Å²) in [6.45, 7) is 5.05. The zero-order valence-corrected chi connectivity index (χ0v) is 10.5. The number of hydrogen-bond acceptors (Lipinski definition) is 4. The lowest BCUT2D eigenvalue weighted by molar-refractivity contribution is -0.385. The Bertz CT molecular complexity index is 396. The van der Waals surface area contributed by atoms with E-state index in [1.54, 1.807) is 6.07 Å². The lowest BCUT2D eigenvalue weighted by Crippen LogP contribution is -2.27. The van der Waals surface area contributed by atoms with E-state index in [1.165, 1.54) is 12.1 Å². The van der Waals surface area contributed by atoms with Crippen molar-refractivity contribution >= 4 is 17.3 Å². The first-order valence-electron chi connectivity index (χ1n) is 5.31. The standard InChI is InChI=1S/C11H15ClN2O3/c1-8(2)13-5-6-17-11-4-3-9(12)7-10(11)14(15)16/h3-4,7-8,13H,5-6H2,1-2H3. The highest BCUT2D eigenvalue weighted by molar-refractivity contribution is 6.30. The molecular formula is C11H15ClN2O3. The second-order valence-electron chi connectivity index (χ2n) is 3.83. The van der Waals surface area contributed by atoms with Gasteiger partial charge in [0.2, 0.25) is 0 Å². The summed E-state index contributed by atoms with van der Waals surface area (Å²) in [5, 5.41) is 14.2. The molecule has 17 heavy (non-hydrogen) atoms. The van der Waals surface area contributed by atoms with Gasteiger partial charge in [-0.1, -0.05) is 25.4 Å². The van der Waals surface area contributed by atoms with E-state index in [2.05, 4.69) is 5.32 Å². The van der Waals surface area contributed by atoms with E-state index < -0.39 is 4.92 Å². The maximum Gasteiger partial charge on any atom is 0.312 e. The molecule has 1 aromatic carbocycles. The molecule has 1 rings (SSSR count). The normalized spacial score (nSPS) is 10.6. The predicted molar refractivity (Wildman–Crippen MR) is 66.7 cm³/mol. The molecule has 0 aromatic heterocycles. The van der Waals surface area contributed by atoms with E-state index in [4.69, 9.17) is 16.3 Å². The SMILES string of the molecule is CC(C)NCCOc1ccc(Cl)cc1[N+](=O)[O-]. The topological polar surface area (TPSA) is 64.4 Å². The quantitative estimate of drug-likeness (QED) is 0.484. The Labute approximate surface area is 105 Å². The summed E-state index contributed by atoms with van der Waals surface area (Å²) in [6.07, 6.45) is 0. The van der Waals surface area contributed by atoms with Crippen LogP contribution in [0.25, 0.3) is 0 Å². The van der Waals surface area contributed by atoms with Crippen LogP contribution in [0.2, 0.25) is 5.02 Å². The number of nitrogens with one attached hydrogen (secondary N) is 1. The molecule has 0 atom stereocenters. The Morgan fingerprint density at radius 2 is 2.24 bits per heavy atom. The van der Waals surface area contributed by atoms with Gasteiger partial charge in [-0.2, -0.15) is 0 Å². The fraction of sp³-hybridized carbons (Fsp3) is 0.455. The molecule has 0 radical (unpaired) electrons. The molecule has 0 heterocycles. The maximum absolute atomic E-state index is 10.8. The van der Waals surface area contributed by atoms with Gasteiger partial charge in [-0.3, -0.25) is 10.1 Å². The summed E-state index contributed by atoms with van der Waals surface area (Å²) in [5.41, 5.74) is -0.109. The Balaban J connectivity index is 2.61. The van der Waals surface area contributed by atoms with Gasteiger partial charge in [0, 0.05) is 23.7 Å². The molecule has 0 aliphatic rings. The van der Waals surface area contributed by atoms with Crippen LogP contribution in [0.1, 0.15) is 13.8 Å². The van der Waals surface area contributed by atoms with Crippen molar-refractivity contribution in [2.75, 3.05) is 13.2 Å². The van der Waals surface area contributed by atoms with Gasteiger partial charge in [0.05, 0.1) is 4.92 Å². The largest absolute Gasteiger partial charge is 0.485 e. The molecule has 0 aliphatic heterocycles. The van der Waals surface area contributed by atoms with E-state index in [1.807, 2.05) is 13.8 Å². The third-order valence-electron chi connectivity index (χ3n) is 2.03. The van der Waals surface area contributed by atoms with Gasteiger partial charge in [-0.15, -0.1) is 0 Å². The number of halogens is 1. The molecule has 94 valence electrons. The van der Waals surface area contributed by atoms with E-state index in [0.29, 0.717) is 24.2 Å². The predicted octanol–water partition coefficient (Wildman–Crippen LogP) is 2.63. The van der Waals surface area contributed by atoms with Gasteiger partial charge in [0.1, 0.15) is 6.61 Å². The van der Waals surface area contributed by atoms with Gasteiger partial charge >= 0.3 is 5.69 Å². The van der Waals surface area contributed by atoms with Crippen LogP contribution in [0.3, 0.4) is 0 Å². The van der Waals surface area contributed by atoms with Crippen molar-refractivity contribution in [3.63, 3.8) is 0 Å². The van der Waals surface area contributed by atoms with Gasteiger partial charge in [-0.05, 0) is 12.1 Å². The maximum atomic E-state index is 10.8. The number of rotatable bonds is 6. The summed E-state index contributed by atoms with van der Waals surface area (Å²) in [5.74, 6) is 0.241. The number of benzene rings is 1. The summed E-state index contributed by atoms with van der Waals surface area (Å²) in [4.78, 5) is 10.3. The number of nitro groups is 1. The first-order chi connectivity index (χ1) is 8.00. The minimum Gasteiger partial charge on any atom is -0.485 e. The van der Waals surface area contributed by atoms with Crippen LogP contribution in [-0.4, -0.2) is 24.1 Å². The fourth-order valence-corrected chi connectivity index (χ4v) is 1.43. The van der Waals surface area contributed by atoms with Crippen molar-refractivity contribution in [3.05, 3.63) is 33.3 Å². The molecular weight excluding hydrogens is 244 g/mol. The molecule has 0 aliphatic carbocycles. The van der Waals surface area contributed by atoms with Crippen molar-refractivity contribution in [1.29, 1.82) is 0 Å². The Kier molecular flexibility index (Phi) is 5.18. The van der Waals surface area contributed by atoms with Gasteiger partial charge in [0.25, 0.3) is 0 Å². The minimum absolute atomic E-state index is 0.109. The highest BCUT2D eigenvalue weighted by Crippen LogP contribution is 2.29. The lowest BCUT2D eigenvalue weighted by atomic mass is 10.3. The van der Waals surface area contributed by atoms with E-state index >= 15 is 0 Å². The summed E-state index contributed by atoms with van der Waals surface area (Å²) < 4.78 is 5.34. The third kappa shape index (κ3) is 4.58. The Morgan fingerprint density at radius 3 is 2.82 bits per heavy atom. The zero-order valence-electron chi connectivity index (χ0n) is 9.77. The van der Waals surface area contributed by atoms with Crippen LogP contribution in [0.15, 0.2) is 18.2 Å². The third-order valence-corrected chi connectivity index (χ3v) is 2.26. The number of nitro benzene ring substituents is 1. The number of nitrogens with zero attached hydrogens (tertiary/aromatic N) is 1. The number of ether oxygens (including phenoxy) is 1. The van der Waals surface area contributed by atoms with Crippen molar-refractivity contribution in [1.82, 2.24) is 5.32 Å². The van der Waals surface area contributed by atoms with Crippen LogP contribution < -0.4 is 10.1 Å². The molecule has 0 saturated carbocycles. The van der Waals surface area contributed by atoms with E-state index in [0.717, 1.165) is 0 Å². The molecule has 6 heteroatoms. The Hall–Kier alpha value is -1.33. The molecule has 0 bridgehead atoms. The van der Waals surface area contributed by atoms with Gasteiger partial charge in [0.15, 0.2) is 5.75 Å². The van der Waals surface area contributed by atoms with Crippen molar-refractivity contribution in [3.8, 4) is 5.75 Å². The van der Waals surface area contributed by atoms with Gasteiger partial charge < -0.3 is 10.1 Å². The van der Waals surface area contributed by atoms with Crippen molar-refractivity contribution < 1.29 is 9.66 Å². The van der Waals surface area contributed by atoms with Crippen LogP contribution in [0, 0.1) is 10.1 Å². The zero-order chi connectivity index (χ0) is 12.8. The highest BCUT2D eigenvalue weighted by Gasteiger charge is 2.15. The van der Waals surface area contributed by atoms with E-state index in [9.17, 15) is 10.1 Å². The second kappa shape index (κ2) is 6.42. The molecule has 0 fully saturated rings. The first kappa shape index (κ1) is 13.7. The first-order valence-corrected chi connectivity index (χ1v) is 5.68. The molecule has 0 amide bonds. The van der Waals surface area contributed by atoms with Crippen LogP contribution in [-0.2, 0) is 0 Å².